The zero-order valence-electron chi connectivity index (χ0n) is 16.2. The van der Waals surface area contributed by atoms with Gasteiger partial charge in [0.1, 0.15) is 11.5 Å². The van der Waals surface area contributed by atoms with Crippen LogP contribution in [0.15, 0.2) is 58.3 Å². The van der Waals surface area contributed by atoms with E-state index in [9.17, 15) is 9.59 Å². The first-order valence-electron chi connectivity index (χ1n) is 9.34. The molecule has 2 aromatic carbocycles. The number of nitrogens with zero attached hydrogens (tertiary/aromatic N) is 1. The summed E-state index contributed by atoms with van der Waals surface area (Å²) < 4.78 is 5.56. The summed E-state index contributed by atoms with van der Waals surface area (Å²) in [6.45, 7) is 3.26. The molecular weight excluding hydrogens is 384 g/mol. The third-order valence-corrected chi connectivity index (χ3v) is 5.50. The van der Waals surface area contributed by atoms with E-state index in [-0.39, 0.29) is 18.1 Å². The van der Waals surface area contributed by atoms with Crippen molar-refractivity contribution in [1.82, 2.24) is 4.98 Å². The van der Waals surface area contributed by atoms with Gasteiger partial charge < -0.3 is 9.73 Å². The fraction of sp³-hybridized carbons (Fsp3) is 0.174. The van der Waals surface area contributed by atoms with Crippen LogP contribution >= 0.6 is 11.3 Å². The summed E-state index contributed by atoms with van der Waals surface area (Å²) in [5.74, 6) is 1.06. The molecule has 146 valence electrons. The lowest BCUT2D eigenvalue weighted by atomic mass is 10.1. The van der Waals surface area contributed by atoms with Crippen LogP contribution in [0.1, 0.15) is 35.2 Å². The lowest BCUT2D eigenvalue weighted by Crippen LogP contribution is -2.11. The van der Waals surface area contributed by atoms with Gasteiger partial charge in [-0.05, 0) is 36.8 Å². The van der Waals surface area contributed by atoms with Gasteiger partial charge in [-0.1, -0.05) is 36.4 Å². The molecule has 2 heterocycles. The summed E-state index contributed by atoms with van der Waals surface area (Å²) in [4.78, 5) is 28.3. The molecule has 0 bridgehead atoms. The van der Waals surface area contributed by atoms with Crippen molar-refractivity contribution in [2.24, 2.45) is 0 Å². The molecule has 4 rings (SSSR count). The second-order valence-electron chi connectivity index (χ2n) is 6.89. The van der Waals surface area contributed by atoms with Gasteiger partial charge in [-0.25, -0.2) is 4.98 Å². The first-order chi connectivity index (χ1) is 14.0. The number of furan rings is 1. The highest BCUT2D eigenvalue weighted by Gasteiger charge is 2.13. The number of amides is 1. The van der Waals surface area contributed by atoms with Crippen LogP contribution in [0.2, 0.25) is 0 Å². The van der Waals surface area contributed by atoms with Crippen molar-refractivity contribution in [1.29, 1.82) is 0 Å². The molecule has 29 heavy (non-hydrogen) atoms. The molecule has 1 amide bonds. The van der Waals surface area contributed by atoms with E-state index < -0.39 is 0 Å². The monoisotopic (exact) mass is 404 g/mol. The molecule has 0 radical (unpaired) electrons. The molecule has 5 nitrogen and oxygen atoms in total. The number of hydrogen-bond acceptors (Lipinski definition) is 5. The van der Waals surface area contributed by atoms with Crippen molar-refractivity contribution in [3.63, 3.8) is 0 Å². The molecule has 0 atom stereocenters. The zero-order valence-corrected chi connectivity index (χ0v) is 17.0. The molecule has 4 aromatic rings. The normalized spacial score (nSPS) is 11.0. The number of nitrogens with one attached hydrogen (secondary N) is 1. The van der Waals surface area contributed by atoms with Crippen LogP contribution in [-0.4, -0.2) is 16.7 Å². The third kappa shape index (κ3) is 4.27. The van der Waals surface area contributed by atoms with Gasteiger partial charge in [0.2, 0.25) is 5.91 Å². The Morgan fingerprint density at radius 1 is 1.10 bits per heavy atom. The predicted molar refractivity (Wildman–Crippen MR) is 115 cm³/mol. The van der Waals surface area contributed by atoms with Gasteiger partial charge in [-0.2, -0.15) is 0 Å². The van der Waals surface area contributed by atoms with Crippen LogP contribution in [-0.2, 0) is 11.2 Å². The first-order valence-corrected chi connectivity index (χ1v) is 10.2. The topological polar surface area (TPSA) is 72.2 Å². The summed E-state index contributed by atoms with van der Waals surface area (Å²) in [7, 11) is 0. The summed E-state index contributed by atoms with van der Waals surface area (Å²) in [6.07, 6.45) is 0.693. The number of Topliss-reactive ketones (excluding diaryl/α,β-unsaturated/α-hetero) is 1. The minimum Gasteiger partial charge on any atom is -0.466 e. The maximum Gasteiger partial charge on any atom is 0.226 e. The number of aromatic nitrogens is 1. The zero-order chi connectivity index (χ0) is 20.4. The summed E-state index contributed by atoms with van der Waals surface area (Å²) in [5.41, 5.74) is 2.42. The molecule has 1 N–H and O–H groups in total. The Bertz CT molecular complexity index is 1210. The molecule has 0 saturated carbocycles. The Labute approximate surface area is 172 Å². The van der Waals surface area contributed by atoms with Gasteiger partial charge in [-0.15, -0.1) is 11.3 Å². The van der Waals surface area contributed by atoms with Crippen LogP contribution in [0.25, 0.3) is 22.0 Å². The number of ketones is 1. The van der Waals surface area contributed by atoms with E-state index in [1.165, 1.54) is 23.6 Å². The number of anilines is 1. The Balaban J connectivity index is 1.40. The van der Waals surface area contributed by atoms with E-state index in [0.29, 0.717) is 28.6 Å². The highest BCUT2D eigenvalue weighted by molar-refractivity contribution is 7.14. The van der Waals surface area contributed by atoms with E-state index in [0.717, 1.165) is 16.6 Å². The van der Waals surface area contributed by atoms with Gasteiger partial charge >= 0.3 is 0 Å². The molecule has 0 aliphatic heterocycles. The summed E-state index contributed by atoms with van der Waals surface area (Å²) in [6, 6.07) is 16.1. The standard InChI is InChI=1S/C23H20N2O3S/c1-14(26)20-12-19(28-15(20)2)9-10-22(27)25-23-24-21(13-29-23)18-8-7-16-5-3-4-6-17(16)11-18/h3-8,11-13H,9-10H2,1-2H3,(H,24,25,27). The molecule has 0 aliphatic carbocycles. The molecule has 2 aromatic heterocycles. The van der Waals surface area contributed by atoms with Crippen LogP contribution < -0.4 is 5.32 Å². The van der Waals surface area contributed by atoms with Gasteiger partial charge in [0, 0.05) is 23.8 Å². The largest absolute Gasteiger partial charge is 0.466 e. The van der Waals surface area contributed by atoms with Crippen molar-refractivity contribution < 1.29 is 14.0 Å². The van der Waals surface area contributed by atoms with Crippen molar-refractivity contribution in [3.05, 3.63) is 71.0 Å². The van der Waals surface area contributed by atoms with Crippen LogP contribution in [0.3, 0.4) is 0 Å². The Morgan fingerprint density at radius 2 is 1.90 bits per heavy atom. The maximum atomic E-state index is 12.3. The summed E-state index contributed by atoms with van der Waals surface area (Å²) >= 11 is 1.40. The lowest BCUT2D eigenvalue weighted by molar-refractivity contribution is -0.116. The molecule has 0 aliphatic rings. The molecular formula is C23H20N2O3S. The highest BCUT2D eigenvalue weighted by atomic mass is 32.1. The number of benzene rings is 2. The SMILES string of the molecule is CC(=O)c1cc(CCC(=O)Nc2nc(-c3ccc4ccccc4c3)cs2)oc1C. The van der Waals surface area contributed by atoms with Crippen molar-refractivity contribution in [2.45, 2.75) is 26.7 Å². The maximum absolute atomic E-state index is 12.3. The van der Waals surface area contributed by atoms with Crippen LogP contribution in [0.4, 0.5) is 5.13 Å². The second kappa shape index (κ2) is 8.01. The van der Waals surface area contributed by atoms with E-state index in [4.69, 9.17) is 4.42 Å². The van der Waals surface area contributed by atoms with Gasteiger partial charge in [-0.3, -0.25) is 9.59 Å². The number of carbonyl (C=O) groups is 2. The fourth-order valence-electron chi connectivity index (χ4n) is 3.25. The Kier molecular flexibility index (Phi) is 5.27. The van der Waals surface area contributed by atoms with E-state index in [1.54, 1.807) is 13.0 Å². The molecule has 0 spiro atoms. The second-order valence-corrected chi connectivity index (χ2v) is 7.74. The van der Waals surface area contributed by atoms with Crippen molar-refractivity contribution in [3.8, 4) is 11.3 Å². The van der Waals surface area contributed by atoms with Gasteiger partial charge in [0.05, 0.1) is 11.3 Å². The molecule has 0 saturated heterocycles. The third-order valence-electron chi connectivity index (χ3n) is 4.74. The minimum atomic E-state index is -0.136. The number of carbonyl (C=O) groups excluding carboxylic acids is 2. The number of thiazole rings is 1. The van der Waals surface area contributed by atoms with E-state index >= 15 is 0 Å². The quantitative estimate of drug-likeness (QED) is 0.422. The number of aryl methyl sites for hydroxylation is 2. The Hall–Kier alpha value is -3.25. The molecule has 0 fully saturated rings. The van der Waals surface area contributed by atoms with Crippen LogP contribution in [0, 0.1) is 6.92 Å². The van der Waals surface area contributed by atoms with E-state index in [2.05, 4.69) is 34.6 Å². The average molecular weight is 404 g/mol. The fourth-order valence-corrected chi connectivity index (χ4v) is 3.98. The number of rotatable bonds is 6. The van der Waals surface area contributed by atoms with Crippen molar-refractivity contribution >= 4 is 38.9 Å². The smallest absolute Gasteiger partial charge is 0.226 e. The lowest BCUT2D eigenvalue weighted by Gasteiger charge is -2.02. The van der Waals surface area contributed by atoms with Gasteiger partial charge in [0.25, 0.3) is 0 Å². The number of fused-ring (bicyclic) bond motifs is 1. The van der Waals surface area contributed by atoms with Gasteiger partial charge in [0.15, 0.2) is 10.9 Å². The first kappa shape index (κ1) is 19.1. The average Bonchev–Trinajstić information content (AvgIpc) is 3.32. The Morgan fingerprint density at radius 3 is 2.66 bits per heavy atom. The molecule has 0 unspecified atom stereocenters. The van der Waals surface area contributed by atoms with E-state index in [1.807, 2.05) is 23.6 Å². The molecule has 6 heteroatoms. The number of hydrogen-bond donors (Lipinski definition) is 1. The minimum absolute atomic E-state index is 0.0362. The summed E-state index contributed by atoms with van der Waals surface area (Å²) in [5, 5.41) is 7.69. The van der Waals surface area contributed by atoms with Crippen LogP contribution in [0.5, 0.6) is 0 Å². The predicted octanol–water partition coefficient (Wildman–Crippen LogP) is 5.64. The highest BCUT2D eigenvalue weighted by Crippen LogP contribution is 2.28. The van der Waals surface area contributed by atoms with Crippen molar-refractivity contribution in [2.75, 3.05) is 5.32 Å².